The summed E-state index contributed by atoms with van der Waals surface area (Å²) in [6.07, 6.45) is 9.36. The van der Waals surface area contributed by atoms with Crippen LogP contribution < -0.4 is 0 Å². The summed E-state index contributed by atoms with van der Waals surface area (Å²) in [5.74, 6) is 0.0585. The van der Waals surface area contributed by atoms with E-state index in [0.717, 1.165) is 31.5 Å². The minimum Gasteiger partial charge on any atom is -0.342 e. The first-order chi connectivity index (χ1) is 14.5. The number of hydrogen-bond acceptors (Lipinski definition) is 3. The third kappa shape index (κ3) is 5.71. The molecule has 0 unspecified atom stereocenters. The lowest BCUT2D eigenvalue weighted by Crippen LogP contribution is -2.57. The molecule has 0 aromatic rings. The highest BCUT2D eigenvalue weighted by Gasteiger charge is 2.47. The van der Waals surface area contributed by atoms with Crippen molar-refractivity contribution in [1.29, 1.82) is 0 Å². The number of amides is 2. The Hall–Kier alpha value is -1.38. The molecule has 1 aliphatic carbocycles. The molecule has 172 valence electrons. The van der Waals surface area contributed by atoms with Gasteiger partial charge in [0.05, 0.1) is 5.70 Å². The Balaban J connectivity index is 1.70. The van der Waals surface area contributed by atoms with Gasteiger partial charge in [-0.1, -0.05) is 35.2 Å². The summed E-state index contributed by atoms with van der Waals surface area (Å²) in [6.45, 7) is 12.2. The predicted octanol–water partition coefficient (Wildman–Crippen LogP) is 4.59. The fourth-order valence-electron chi connectivity index (χ4n) is 5.30. The largest absolute Gasteiger partial charge is 0.342 e. The number of halogens is 2. The molecule has 31 heavy (non-hydrogen) atoms. The van der Waals surface area contributed by atoms with Crippen LogP contribution in [-0.4, -0.2) is 67.8 Å². The van der Waals surface area contributed by atoms with E-state index in [-0.39, 0.29) is 18.2 Å². The summed E-state index contributed by atoms with van der Waals surface area (Å²) in [5.41, 5.74) is -0.641. The van der Waals surface area contributed by atoms with E-state index >= 15 is 4.39 Å². The van der Waals surface area contributed by atoms with E-state index in [0.29, 0.717) is 42.0 Å². The number of carbonyl (C=O) groups is 2. The van der Waals surface area contributed by atoms with E-state index in [1.54, 1.807) is 13.0 Å². The van der Waals surface area contributed by atoms with Gasteiger partial charge in [-0.2, -0.15) is 0 Å². The lowest BCUT2D eigenvalue weighted by atomic mass is 9.74. The molecule has 2 fully saturated rings. The zero-order valence-electron chi connectivity index (χ0n) is 19.0. The van der Waals surface area contributed by atoms with E-state index in [2.05, 4.69) is 29.2 Å². The minimum absolute atomic E-state index is 0.143. The zero-order valence-corrected chi connectivity index (χ0v) is 21.2. The van der Waals surface area contributed by atoms with Gasteiger partial charge < -0.3 is 14.7 Å². The first-order valence-corrected chi connectivity index (χ1v) is 12.5. The van der Waals surface area contributed by atoms with Crippen LogP contribution in [0.15, 0.2) is 36.2 Å². The number of carbonyl (C=O) groups excluding carboxylic acids is 2. The van der Waals surface area contributed by atoms with Crippen LogP contribution >= 0.6 is 22.6 Å². The summed E-state index contributed by atoms with van der Waals surface area (Å²) in [4.78, 5) is 31.4. The second-order valence-electron chi connectivity index (χ2n) is 9.63. The lowest BCUT2D eigenvalue weighted by molar-refractivity contribution is -0.136. The first-order valence-electron chi connectivity index (χ1n) is 11.3. The van der Waals surface area contributed by atoms with Crippen molar-refractivity contribution in [2.45, 2.75) is 74.4 Å². The summed E-state index contributed by atoms with van der Waals surface area (Å²) in [7, 11) is 0. The molecule has 0 aromatic carbocycles. The third-order valence-corrected chi connectivity index (χ3v) is 7.55. The maximum Gasteiger partial charge on any atom is 0.270 e. The van der Waals surface area contributed by atoms with Crippen molar-refractivity contribution >= 4 is 34.4 Å². The average Bonchev–Trinajstić information content (AvgIpc) is 3.10. The maximum absolute atomic E-state index is 15.2. The van der Waals surface area contributed by atoms with Crippen molar-refractivity contribution in [3.8, 4) is 0 Å². The van der Waals surface area contributed by atoms with Crippen molar-refractivity contribution < 1.29 is 14.0 Å². The van der Waals surface area contributed by atoms with Crippen LogP contribution in [0.3, 0.4) is 0 Å². The Kier molecular flexibility index (Phi) is 7.54. The van der Waals surface area contributed by atoms with E-state index in [4.69, 9.17) is 0 Å². The SMILES string of the molecule is C=C1C(=O)N(CCCCC(=O)N2CC[C@@H](I)C2)[C@@]2(C)CC(=C[C@@](C)(F)C2)CN1/C=C\C. The fourth-order valence-corrected chi connectivity index (χ4v) is 6.05. The van der Waals surface area contributed by atoms with Crippen LogP contribution in [0, 0.1) is 0 Å². The molecule has 0 spiro atoms. The standard InChI is InChI=1S/C24H35FIN3O2/c1-5-10-27-15-19-13-23(3,25)17-24(4,14-19)29(22(31)18(27)2)11-7-6-8-21(30)28-12-9-20(26)16-28/h5,10,13,20H,2,6-9,11-12,14-17H2,1,3-4H3/b10-5-/t20-,23-,24+/m1/s1. The monoisotopic (exact) mass is 543 g/mol. The van der Waals surface area contributed by atoms with Gasteiger partial charge in [0, 0.05) is 54.7 Å². The van der Waals surface area contributed by atoms with Gasteiger partial charge in [-0.25, -0.2) is 4.39 Å². The van der Waals surface area contributed by atoms with Crippen LogP contribution in [0.4, 0.5) is 4.39 Å². The van der Waals surface area contributed by atoms with Gasteiger partial charge >= 0.3 is 0 Å². The number of likely N-dealkylation sites (tertiary alicyclic amines) is 1. The molecule has 2 heterocycles. The number of rotatable bonds is 6. The molecule has 0 N–H and O–H groups in total. The Morgan fingerprint density at radius 1 is 1.39 bits per heavy atom. The van der Waals surface area contributed by atoms with E-state index < -0.39 is 11.2 Å². The number of unbranched alkanes of at least 4 members (excludes halogenated alkanes) is 1. The zero-order chi connectivity index (χ0) is 22.8. The Morgan fingerprint density at radius 2 is 2.13 bits per heavy atom. The van der Waals surface area contributed by atoms with Crippen molar-refractivity contribution in [2.24, 2.45) is 0 Å². The van der Waals surface area contributed by atoms with Crippen LogP contribution in [0.5, 0.6) is 0 Å². The summed E-state index contributed by atoms with van der Waals surface area (Å²) >= 11 is 2.40. The van der Waals surface area contributed by atoms with Gasteiger partial charge in [-0.15, -0.1) is 0 Å². The van der Waals surface area contributed by atoms with Gasteiger partial charge in [0.15, 0.2) is 0 Å². The normalized spacial score (nSPS) is 31.8. The van der Waals surface area contributed by atoms with Crippen molar-refractivity contribution in [3.05, 3.63) is 36.2 Å². The number of hydrogen-bond donors (Lipinski definition) is 0. The quantitative estimate of drug-likeness (QED) is 0.162. The molecule has 5 nitrogen and oxygen atoms in total. The molecular weight excluding hydrogens is 508 g/mol. The lowest BCUT2D eigenvalue weighted by Gasteiger charge is -2.50. The molecule has 2 saturated heterocycles. The summed E-state index contributed by atoms with van der Waals surface area (Å²) in [6, 6.07) is 0. The number of nitrogens with zero attached hydrogens (tertiary/aromatic N) is 3. The number of fused-ring (bicyclic) bond motifs is 2. The topological polar surface area (TPSA) is 43.9 Å². The Bertz CT molecular complexity index is 794. The Labute approximate surface area is 199 Å². The van der Waals surface area contributed by atoms with Gasteiger partial charge in [0.2, 0.25) is 5.91 Å². The third-order valence-electron chi connectivity index (χ3n) is 6.54. The molecule has 0 radical (unpaired) electrons. The highest BCUT2D eigenvalue weighted by molar-refractivity contribution is 14.1. The molecule has 3 aliphatic rings. The van der Waals surface area contributed by atoms with Crippen molar-refractivity contribution in [2.75, 3.05) is 26.2 Å². The van der Waals surface area contributed by atoms with E-state index in [1.807, 2.05) is 40.8 Å². The summed E-state index contributed by atoms with van der Waals surface area (Å²) in [5, 5.41) is 0. The van der Waals surface area contributed by atoms with Crippen LogP contribution in [0.2, 0.25) is 0 Å². The molecular formula is C24H35FIN3O2. The van der Waals surface area contributed by atoms with Crippen molar-refractivity contribution in [1.82, 2.24) is 14.7 Å². The number of alkyl halides is 2. The fraction of sp³-hybridized carbons (Fsp3) is 0.667. The van der Waals surface area contributed by atoms with Gasteiger partial charge in [0.1, 0.15) is 5.67 Å². The molecule has 0 saturated carbocycles. The van der Waals surface area contributed by atoms with Gasteiger partial charge in [-0.05, 0) is 58.1 Å². The Morgan fingerprint density at radius 3 is 2.77 bits per heavy atom. The average molecular weight is 543 g/mol. The summed E-state index contributed by atoms with van der Waals surface area (Å²) < 4.78 is 15.8. The van der Waals surface area contributed by atoms with Gasteiger partial charge in [-0.3, -0.25) is 9.59 Å². The predicted molar refractivity (Wildman–Crippen MR) is 130 cm³/mol. The van der Waals surface area contributed by atoms with Crippen LogP contribution in [0.25, 0.3) is 0 Å². The second kappa shape index (κ2) is 9.63. The van der Waals surface area contributed by atoms with E-state index in [9.17, 15) is 9.59 Å². The first kappa shape index (κ1) is 24.3. The minimum atomic E-state index is -1.46. The second-order valence-corrected chi connectivity index (χ2v) is 11.4. The van der Waals surface area contributed by atoms with Crippen LogP contribution in [-0.2, 0) is 9.59 Å². The molecule has 2 bridgehead atoms. The maximum atomic E-state index is 15.2. The highest BCUT2D eigenvalue weighted by atomic mass is 127. The van der Waals surface area contributed by atoms with Crippen LogP contribution in [0.1, 0.15) is 59.3 Å². The van der Waals surface area contributed by atoms with E-state index in [1.165, 1.54) is 0 Å². The molecule has 7 heteroatoms. The molecule has 0 aromatic heterocycles. The number of allylic oxidation sites excluding steroid dienone is 2. The molecule has 3 rings (SSSR count). The molecule has 2 aliphatic heterocycles. The van der Waals surface area contributed by atoms with Crippen molar-refractivity contribution in [3.63, 3.8) is 0 Å². The highest BCUT2D eigenvalue weighted by Crippen LogP contribution is 2.42. The van der Waals surface area contributed by atoms with Gasteiger partial charge in [0.25, 0.3) is 5.91 Å². The molecule has 2 amide bonds. The molecule has 3 atom stereocenters. The smallest absolute Gasteiger partial charge is 0.270 e.